The molecule has 3 nitrogen and oxygen atoms in total. The Balaban J connectivity index is 2.01. The maximum absolute atomic E-state index is 12.3. The van der Waals surface area contributed by atoms with E-state index in [9.17, 15) is 4.79 Å². The fourth-order valence-corrected chi connectivity index (χ4v) is 1.87. The van der Waals surface area contributed by atoms with Crippen molar-refractivity contribution in [1.82, 2.24) is 4.98 Å². The number of benzene rings is 2. The lowest BCUT2D eigenvalue weighted by Gasteiger charge is -2.07. The molecule has 19 heavy (non-hydrogen) atoms. The van der Waals surface area contributed by atoms with Gasteiger partial charge in [-0.1, -0.05) is 36.4 Å². The second-order valence-corrected chi connectivity index (χ2v) is 4.02. The minimum absolute atomic E-state index is 0.0354. The van der Waals surface area contributed by atoms with Crippen LogP contribution in [0.1, 0.15) is 13.1 Å². The molecule has 0 radical (unpaired) electrons. The third kappa shape index (κ3) is 2.31. The van der Waals surface area contributed by atoms with E-state index in [1.54, 1.807) is 18.3 Å². The van der Waals surface area contributed by atoms with Gasteiger partial charge in [0.15, 0.2) is 0 Å². The molecular weight excluding hydrogens is 236 g/mol. The summed E-state index contributed by atoms with van der Waals surface area (Å²) in [6.45, 7) is 0. The van der Waals surface area contributed by atoms with E-state index < -0.39 is 5.91 Å². The van der Waals surface area contributed by atoms with Crippen LogP contribution in [0.4, 0.5) is 5.69 Å². The van der Waals surface area contributed by atoms with Gasteiger partial charge in [0.1, 0.15) is 0 Å². The highest BCUT2D eigenvalue weighted by Gasteiger charge is 2.07. The van der Waals surface area contributed by atoms with E-state index in [1.165, 1.54) is 12.1 Å². The van der Waals surface area contributed by atoms with Gasteiger partial charge in [-0.25, -0.2) is 0 Å². The molecule has 1 aromatic heterocycles. The number of pyridine rings is 1. The Bertz CT molecular complexity index is 808. The second kappa shape index (κ2) is 4.90. The van der Waals surface area contributed by atoms with Crippen molar-refractivity contribution < 1.29 is 7.54 Å². The minimum atomic E-state index is -0.469. The first-order valence-electron chi connectivity index (χ1n) is 6.88. The molecule has 0 aliphatic heterocycles. The average Bonchev–Trinajstić information content (AvgIpc) is 2.47. The first-order valence-corrected chi connectivity index (χ1v) is 5.88. The Labute approximate surface area is 113 Å². The van der Waals surface area contributed by atoms with Crippen LogP contribution in [0, 0.1) is 0 Å². The van der Waals surface area contributed by atoms with Gasteiger partial charge in [-0.2, -0.15) is 0 Å². The molecule has 1 amide bonds. The van der Waals surface area contributed by atoms with E-state index in [0.29, 0.717) is 11.2 Å². The molecule has 2 aromatic carbocycles. The number of rotatable bonds is 2. The molecule has 0 fully saturated rings. The number of carbonyl (C=O) groups is 1. The second-order valence-electron chi connectivity index (χ2n) is 4.02. The van der Waals surface area contributed by atoms with Crippen molar-refractivity contribution in [3.8, 4) is 0 Å². The van der Waals surface area contributed by atoms with Crippen molar-refractivity contribution >= 4 is 22.5 Å². The quantitative estimate of drug-likeness (QED) is 0.756. The molecule has 3 heteroatoms. The summed E-state index contributed by atoms with van der Waals surface area (Å²) in [6.07, 6.45) is 1.66. The van der Waals surface area contributed by atoms with Gasteiger partial charge >= 0.3 is 0 Å². The van der Waals surface area contributed by atoms with E-state index in [4.69, 9.17) is 2.74 Å². The lowest BCUT2D eigenvalue weighted by atomic mass is 10.1. The van der Waals surface area contributed by atoms with Crippen LogP contribution >= 0.6 is 0 Å². The highest BCUT2D eigenvalue weighted by atomic mass is 16.1. The lowest BCUT2D eigenvalue weighted by Crippen LogP contribution is -2.12. The maximum Gasteiger partial charge on any atom is 0.255 e. The molecule has 1 N–H and O–H groups in total. The normalized spacial score (nSPS) is 11.8. The van der Waals surface area contributed by atoms with Gasteiger partial charge < -0.3 is 5.32 Å². The molecular formula is C16H12N2O. The minimum Gasteiger partial charge on any atom is -0.320 e. The lowest BCUT2D eigenvalue weighted by molar-refractivity contribution is 0.102. The topological polar surface area (TPSA) is 42.0 Å². The van der Waals surface area contributed by atoms with Gasteiger partial charge in [0.25, 0.3) is 5.91 Å². The summed E-state index contributed by atoms with van der Waals surface area (Å²) in [5.41, 5.74) is 1.31. The van der Waals surface area contributed by atoms with Crippen LogP contribution in [0.2, 0.25) is 0 Å². The Morgan fingerprint density at radius 2 is 1.84 bits per heavy atom. The first kappa shape index (κ1) is 9.28. The van der Waals surface area contributed by atoms with Crippen molar-refractivity contribution in [3.63, 3.8) is 0 Å². The zero-order valence-electron chi connectivity index (χ0n) is 12.1. The Morgan fingerprint density at radius 1 is 1.05 bits per heavy atom. The van der Waals surface area contributed by atoms with Crippen LogP contribution in [-0.4, -0.2) is 10.9 Å². The summed E-state index contributed by atoms with van der Waals surface area (Å²) in [5.74, 6) is -0.469. The van der Waals surface area contributed by atoms with Crippen LogP contribution < -0.4 is 5.32 Å². The maximum atomic E-state index is 12.3. The number of fused-ring (bicyclic) bond motifs is 1. The molecule has 0 spiro atoms. The van der Waals surface area contributed by atoms with Gasteiger partial charge in [0.2, 0.25) is 0 Å². The van der Waals surface area contributed by atoms with Crippen LogP contribution in [0.25, 0.3) is 10.9 Å². The molecule has 3 aromatic rings. The van der Waals surface area contributed by atoms with Crippen molar-refractivity contribution in [2.45, 2.75) is 0 Å². The standard InChI is InChI=1S/C16H12N2O/c19-16(13-6-2-1-3-7-13)18-14-10-4-8-12-9-5-11-17-15(12)14/h1-11H,(H,18,19)/i6D,7D. The summed E-state index contributed by atoms with van der Waals surface area (Å²) in [4.78, 5) is 16.6. The number of nitrogens with zero attached hydrogens (tertiary/aromatic N) is 1. The molecule has 0 aliphatic rings. The largest absolute Gasteiger partial charge is 0.320 e. The molecule has 0 atom stereocenters. The third-order valence-electron chi connectivity index (χ3n) is 2.76. The fourth-order valence-electron chi connectivity index (χ4n) is 1.87. The third-order valence-corrected chi connectivity index (χ3v) is 2.76. The van der Waals surface area contributed by atoms with Crippen molar-refractivity contribution in [3.05, 3.63) is 72.4 Å². The molecule has 0 saturated carbocycles. The Hall–Kier alpha value is -2.68. The van der Waals surface area contributed by atoms with E-state index in [1.807, 2.05) is 24.3 Å². The smallest absolute Gasteiger partial charge is 0.255 e. The predicted octanol–water partition coefficient (Wildman–Crippen LogP) is 3.49. The molecule has 1 heterocycles. The number of anilines is 1. The summed E-state index contributed by atoms with van der Waals surface area (Å²) in [5, 5.41) is 3.66. The van der Waals surface area contributed by atoms with Gasteiger partial charge in [-0.05, 0) is 24.2 Å². The number of hydrogen-bond acceptors (Lipinski definition) is 2. The highest BCUT2D eigenvalue weighted by Crippen LogP contribution is 2.21. The van der Waals surface area contributed by atoms with E-state index >= 15 is 0 Å². The van der Waals surface area contributed by atoms with Crippen LogP contribution in [0.5, 0.6) is 0 Å². The first-order chi connectivity index (χ1) is 10.2. The molecule has 0 aliphatic carbocycles. The van der Waals surface area contributed by atoms with Gasteiger partial charge in [0.05, 0.1) is 13.9 Å². The molecule has 3 rings (SSSR count). The monoisotopic (exact) mass is 250 g/mol. The zero-order chi connectivity index (χ0) is 14.8. The van der Waals surface area contributed by atoms with E-state index in [2.05, 4.69) is 10.3 Å². The highest BCUT2D eigenvalue weighted by molar-refractivity contribution is 6.08. The van der Waals surface area contributed by atoms with E-state index in [-0.39, 0.29) is 17.6 Å². The number of para-hydroxylation sites is 1. The van der Waals surface area contributed by atoms with Crippen molar-refractivity contribution in [2.24, 2.45) is 0 Å². The van der Waals surface area contributed by atoms with Gasteiger partial charge in [0, 0.05) is 17.1 Å². The van der Waals surface area contributed by atoms with Crippen molar-refractivity contribution in [1.29, 1.82) is 0 Å². The number of hydrogen-bond donors (Lipinski definition) is 1. The Kier molecular flexibility index (Phi) is 2.39. The summed E-state index contributed by atoms with van der Waals surface area (Å²) < 4.78 is 15.5. The van der Waals surface area contributed by atoms with Gasteiger partial charge in [-0.3, -0.25) is 9.78 Å². The van der Waals surface area contributed by atoms with Crippen LogP contribution in [0.15, 0.2) is 66.8 Å². The van der Waals surface area contributed by atoms with Crippen LogP contribution in [0.3, 0.4) is 0 Å². The summed E-state index contributed by atoms with van der Waals surface area (Å²) in [7, 11) is 0. The summed E-state index contributed by atoms with van der Waals surface area (Å²) >= 11 is 0. The number of nitrogens with one attached hydrogen (secondary N) is 1. The SMILES string of the molecule is [2H]c1cccc([2H])c1C(=O)Nc1cccc2cccnc12. The fraction of sp³-hybridized carbons (Fsp3) is 0. The van der Waals surface area contributed by atoms with Crippen molar-refractivity contribution in [2.75, 3.05) is 5.32 Å². The predicted molar refractivity (Wildman–Crippen MR) is 76.1 cm³/mol. The molecule has 0 bridgehead atoms. The number of amides is 1. The molecule has 92 valence electrons. The average molecular weight is 250 g/mol. The molecule has 0 unspecified atom stereocenters. The number of aromatic nitrogens is 1. The van der Waals surface area contributed by atoms with E-state index in [0.717, 1.165) is 5.39 Å². The molecule has 0 saturated heterocycles. The van der Waals surface area contributed by atoms with Crippen LogP contribution in [-0.2, 0) is 0 Å². The zero-order valence-corrected chi connectivity index (χ0v) is 10.1. The number of carbonyl (C=O) groups excluding carboxylic acids is 1. The Morgan fingerprint density at radius 3 is 2.68 bits per heavy atom. The van der Waals surface area contributed by atoms with Gasteiger partial charge in [-0.15, -0.1) is 0 Å². The summed E-state index contributed by atoms with van der Waals surface area (Å²) in [6, 6.07) is 13.9.